The number of rotatable bonds is 8. The van der Waals surface area contributed by atoms with Gasteiger partial charge >= 0.3 is 5.97 Å². The topological polar surface area (TPSA) is 90.7 Å². The molecule has 0 amide bonds. The zero-order chi connectivity index (χ0) is 18.2. The van der Waals surface area contributed by atoms with E-state index in [1.165, 1.54) is 18.2 Å². The van der Waals surface area contributed by atoms with Crippen molar-refractivity contribution in [3.05, 3.63) is 68.2 Å². The second kappa shape index (κ2) is 9.14. The number of anilines is 1. The lowest BCUT2D eigenvalue weighted by Gasteiger charge is -2.12. The third-order valence-corrected chi connectivity index (χ3v) is 3.81. The molecule has 2 rings (SSSR count). The van der Waals surface area contributed by atoms with Gasteiger partial charge < -0.3 is 14.8 Å². The monoisotopic (exact) mass is 408 g/mol. The fraction of sp³-hybridized carbons (Fsp3) is 0.235. The molecule has 0 spiro atoms. The van der Waals surface area contributed by atoms with Crippen LogP contribution < -0.4 is 5.32 Å². The van der Waals surface area contributed by atoms with Crippen molar-refractivity contribution in [1.82, 2.24) is 0 Å². The molecular weight excluding hydrogens is 392 g/mol. The van der Waals surface area contributed by atoms with Gasteiger partial charge in [0.05, 0.1) is 17.1 Å². The molecule has 0 aliphatic heterocycles. The van der Waals surface area contributed by atoms with Crippen molar-refractivity contribution in [2.24, 2.45) is 0 Å². The SMILES string of the molecule is COCCNc1ccc([N+](=O)[O-])cc1C(=O)OCc1cccc(Br)c1. The molecule has 132 valence electrons. The average Bonchev–Trinajstić information content (AvgIpc) is 2.60. The molecule has 0 radical (unpaired) electrons. The van der Waals surface area contributed by atoms with Crippen molar-refractivity contribution in [3.8, 4) is 0 Å². The van der Waals surface area contributed by atoms with Crippen LogP contribution in [0.3, 0.4) is 0 Å². The van der Waals surface area contributed by atoms with Gasteiger partial charge in [-0.1, -0.05) is 28.1 Å². The molecule has 0 atom stereocenters. The number of nitrogens with zero attached hydrogens (tertiary/aromatic N) is 1. The van der Waals surface area contributed by atoms with E-state index < -0.39 is 10.9 Å². The Morgan fingerprint density at radius 3 is 2.76 bits per heavy atom. The predicted octanol–water partition coefficient (Wildman–Crippen LogP) is 3.77. The van der Waals surface area contributed by atoms with Gasteiger partial charge in [0, 0.05) is 35.9 Å². The van der Waals surface area contributed by atoms with E-state index >= 15 is 0 Å². The number of halogens is 1. The van der Waals surface area contributed by atoms with E-state index in [1.807, 2.05) is 24.3 Å². The second-order valence-electron chi connectivity index (χ2n) is 5.11. The Hall–Kier alpha value is -2.45. The standard InChI is InChI=1S/C17H17BrN2O5/c1-24-8-7-19-16-6-5-14(20(22)23)10-15(16)17(21)25-11-12-3-2-4-13(18)9-12/h2-6,9-10,19H,7-8,11H2,1H3. The summed E-state index contributed by atoms with van der Waals surface area (Å²) in [5.74, 6) is -0.636. The summed E-state index contributed by atoms with van der Waals surface area (Å²) >= 11 is 3.35. The fourth-order valence-electron chi connectivity index (χ4n) is 2.11. The Morgan fingerprint density at radius 2 is 2.08 bits per heavy atom. The van der Waals surface area contributed by atoms with Crippen molar-refractivity contribution in [2.45, 2.75) is 6.61 Å². The number of carbonyl (C=O) groups is 1. The number of hydrogen-bond donors (Lipinski definition) is 1. The molecule has 0 heterocycles. The zero-order valence-corrected chi connectivity index (χ0v) is 15.1. The minimum Gasteiger partial charge on any atom is -0.457 e. The van der Waals surface area contributed by atoms with Gasteiger partial charge in [-0.3, -0.25) is 10.1 Å². The highest BCUT2D eigenvalue weighted by Crippen LogP contribution is 2.23. The third kappa shape index (κ3) is 5.54. The van der Waals surface area contributed by atoms with Crippen LogP contribution in [-0.2, 0) is 16.1 Å². The molecule has 0 saturated heterocycles. The number of hydrogen-bond acceptors (Lipinski definition) is 6. The fourth-order valence-corrected chi connectivity index (χ4v) is 2.56. The number of benzene rings is 2. The summed E-state index contributed by atoms with van der Waals surface area (Å²) in [6.07, 6.45) is 0. The van der Waals surface area contributed by atoms with Gasteiger partial charge in [-0.05, 0) is 23.8 Å². The van der Waals surface area contributed by atoms with Gasteiger partial charge in [0.25, 0.3) is 5.69 Å². The van der Waals surface area contributed by atoms with Crippen LogP contribution in [0, 0.1) is 10.1 Å². The van der Waals surface area contributed by atoms with Crippen molar-refractivity contribution in [3.63, 3.8) is 0 Å². The van der Waals surface area contributed by atoms with Crippen LogP contribution in [0.5, 0.6) is 0 Å². The first-order chi connectivity index (χ1) is 12.0. The highest BCUT2D eigenvalue weighted by molar-refractivity contribution is 9.10. The number of ether oxygens (including phenoxy) is 2. The van der Waals surface area contributed by atoms with Crippen molar-refractivity contribution in [1.29, 1.82) is 0 Å². The van der Waals surface area contributed by atoms with Gasteiger partial charge in [-0.25, -0.2) is 4.79 Å². The maximum atomic E-state index is 12.4. The Balaban J connectivity index is 2.16. The van der Waals surface area contributed by atoms with Crippen molar-refractivity contribution >= 4 is 33.3 Å². The first-order valence-electron chi connectivity index (χ1n) is 7.44. The van der Waals surface area contributed by atoms with Gasteiger partial charge in [-0.15, -0.1) is 0 Å². The Morgan fingerprint density at radius 1 is 1.28 bits per heavy atom. The molecule has 2 aromatic carbocycles. The van der Waals surface area contributed by atoms with Crippen LogP contribution in [0.4, 0.5) is 11.4 Å². The molecule has 25 heavy (non-hydrogen) atoms. The van der Waals surface area contributed by atoms with Crippen LogP contribution >= 0.6 is 15.9 Å². The van der Waals surface area contributed by atoms with E-state index in [4.69, 9.17) is 9.47 Å². The van der Waals surface area contributed by atoms with Crippen LogP contribution in [0.25, 0.3) is 0 Å². The van der Waals surface area contributed by atoms with E-state index in [2.05, 4.69) is 21.2 Å². The van der Waals surface area contributed by atoms with Crippen molar-refractivity contribution in [2.75, 3.05) is 25.6 Å². The van der Waals surface area contributed by atoms with E-state index in [9.17, 15) is 14.9 Å². The minimum atomic E-state index is -0.636. The Kier molecular flexibility index (Phi) is 6.91. The predicted molar refractivity (Wildman–Crippen MR) is 96.7 cm³/mol. The first-order valence-corrected chi connectivity index (χ1v) is 8.23. The summed E-state index contributed by atoms with van der Waals surface area (Å²) in [6, 6.07) is 11.4. The minimum absolute atomic E-state index is 0.0679. The molecule has 0 unspecified atom stereocenters. The number of nitro benzene ring substituents is 1. The molecule has 2 aromatic rings. The highest BCUT2D eigenvalue weighted by Gasteiger charge is 2.18. The van der Waals surface area contributed by atoms with Crippen LogP contribution in [0.1, 0.15) is 15.9 Å². The lowest BCUT2D eigenvalue weighted by atomic mass is 10.1. The molecule has 0 aromatic heterocycles. The number of nitrogens with one attached hydrogen (secondary N) is 1. The van der Waals surface area contributed by atoms with E-state index in [0.717, 1.165) is 10.0 Å². The summed E-state index contributed by atoms with van der Waals surface area (Å²) in [4.78, 5) is 22.8. The van der Waals surface area contributed by atoms with Gasteiger partial charge in [0.2, 0.25) is 0 Å². The number of non-ortho nitro benzene ring substituents is 1. The van der Waals surface area contributed by atoms with Gasteiger partial charge in [0.1, 0.15) is 6.61 Å². The lowest BCUT2D eigenvalue weighted by Crippen LogP contribution is -2.13. The number of esters is 1. The maximum absolute atomic E-state index is 12.4. The first kappa shape index (κ1) is 18.9. The largest absolute Gasteiger partial charge is 0.457 e. The summed E-state index contributed by atoms with van der Waals surface area (Å²) < 4.78 is 11.1. The maximum Gasteiger partial charge on any atom is 0.340 e. The summed E-state index contributed by atoms with van der Waals surface area (Å²) in [7, 11) is 1.56. The molecule has 7 nitrogen and oxygen atoms in total. The number of carbonyl (C=O) groups excluding carboxylic acids is 1. The Labute approximate surface area is 153 Å². The molecule has 0 bridgehead atoms. The summed E-state index contributed by atoms with van der Waals surface area (Å²) in [6.45, 7) is 0.961. The number of nitro groups is 1. The van der Waals surface area contributed by atoms with Gasteiger partial charge in [0.15, 0.2) is 0 Å². The molecule has 0 aliphatic carbocycles. The Bertz CT molecular complexity index is 766. The van der Waals surface area contributed by atoms with Gasteiger partial charge in [-0.2, -0.15) is 0 Å². The average molecular weight is 409 g/mol. The quantitative estimate of drug-likeness (QED) is 0.309. The normalized spacial score (nSPS) is 10.3. The van der Waals surface area contributed by atoms with Crippen LogP contribution in [-0.4, -0.2) is 31.2 Å². The smallest absolute Gasteiger partial charge is 0.340 e. The van der Waals surface area contributed by atoms with E-state index in [1.54, 1.807) is 7.11 Å². The molecule has 0 saturated carbocycles. The molecule has 0 aliphatic rings. The lowest BCUT2D eigenvalue weighted by molar-refractivity contribution is -0.384. The van der Waals surface area contributed by atoms with Crippen molar-refractivity contribution < 1.29 is 19.2 Å². The highest BCUT2D eigenvalue weighted by atomic mass is 79.9. The summed E-state index contributed by atoms with van der Waals surface area (Å²) in [5.41, 5.74) is 1.20. The molecule has 8 heteroatoms. The van der Waals surface area contributed by atoms with Crippen LogP contribution in [0.2, 0.25) is 0 Å². The van der Waals surface area contributed by atoms with Crippen LogP contribution in [0.15, 0.2) is 46.9 Å². The zero-order valence-electron chi connectivity index (χ0n) is 13.5. The second-order valence-corrected chi connectivity index (χ2v) is 6.03. The molecule has 0 fully saturated rings. The summed E-state index contributed by atoms with van der Waals surface area (Å²) in [5, 5.41) is 14.0. The van der Waals surface area contributed by atoms with E-state index in [0.29, 0.717) is 18.8 Å². The third-order valence-electron chi connectivity index (χ3n) is 3.31. The van der Waals surface area contributed by atoms with E-state index in [-0.39, 0.29) is 17.9 Å². The molecular formula is C17H17BrN2O5. The molecule has 1 N–H and O–H groups in total. The number of methoxy groups -OCH3 is 1.